The molecule has 0 saturated carbocycles. The van der Waals surface area contributed by atoms with E-state index in [1.54, 1.807) is 12.3 Å². The molecule has 2 rings (SSSR count). The van der Waals surface area contributed by atoms with E-state index in [2.05, 4.69) is 16.4 Å². The van der Waals surface area contributed by atoms with Gasteiger partial charge in [0, 0.05) is 18.0 Å². The number of rotatable bonds is 2. The van der Waals surface area contributed by atoms with Gasteiger partial charge in [-0.15, -0.1) is 0 Å². The quantitative estimate of drug-likeness (QED) is 0.776. The molecule has 1 radical (unpaired) electrons. The highest BCUT2D eigenvalue weighted by Crippen LogP contribution is 2.07. The van der Waals surface area contributed by atoms with Crippen LogP contribution >= 0.6 is 12.2 Å². The Kier molecular flexibility index (Phi) is 3.05. The second kappa shape index (κ2) is 4.66. The minimum absolute atomic E-state index is 0.585. The summed E-state index contributed by atoms with van der Waals surface area (Å²) in [6.07, 6.45) is 1.70. The van der Waals surface area contributed by atoms with Crippen molar-refractivity contribution in [3.8, 4) is 0 Å². The molecular formula is C12H9N2S. The minimum atomic E-state index is 0.585. The number of para-hydroxylation sites is 1. The summed E-state index contributed by atoms with van der Waals surface area (Å²) >= 11 is 5.20. The molecule has 0 saturated heterocycles. The largest absolute Gasteiger partial charge is 0.345 e. The SMILES string of the molecule is S=C(Nc1ccccc1)c1[c]cccn1. The smallest absolute Gasteiger partial charge is 0.130 e. The summed E-state index contributed by atoms with van der Waals surface area (Å²) in [6, 6.07) is 16.4. The Morgan fingerprint density at radius 1 is 1.20 bits per heavy atom. The highest BCUT2D eigenvalue weighted by molar-refractivity contribution is 7.81. The molecule has 73 valence electrons. The van der Waals surface area contributed by atoms with Crippen LogP contribution in [0.25, 0.3) is 0 Å². The van der Waals surface area contributed by atoms with Gasteiger partial charge in [-0.05, 0) is 18.2 Å². The highest BCUT2D eigenvalue weighted by atomic mass is 32.1. The van der Waals surface area contributed by atoms with E-state index < -0.39 is 0 Å². The molecule has 0 amide bonds. The molecule has 3 heteroatoms. The first-order chi connectivity index (χ1) is 7.36. The van der Waals surface area contributed by atoms with Crippen molar-refractivity contribution >= 4 is 22.9 Å². The molecule has 1 aromatic heterocycles. The lowest BCUT2D eigenvalue weighted by atomic mass is 10.3. The molecule has 1 N–H and O–H groups in total. The molecule has 2 aromatic rings. The van der Waals surface area contributed by atoms with E-state index in [1.807, 2.05) is 36.4 Å². The van der Waals surface area contributed by atoms with Crippen LogP contribution in [-0.4, -0.2) is 9.97 Å². The van der Waals surface area contributed by atoms with E-state index in [9.17, 15) is 0 Å². The van der Waals surface area contributed by atoms with Gasteiger partial charge in [0.15, 0.2) is 0 Å². The molecule has 0 unspecified atom stereocenters. The lowest BCUT2D eigenvalue weighted by molar-refractivity contribution is 1.29. The molecule has 0 aliphatic carbocycles. The lowest BCUT2D eigenvalue weighted by Gasteiger charge is -2.05. The van der Waals surface area contributed by atoms with Crippen molar-refractivity contribution in [2.24, 2.45) is 0 Å². The van der Waals surface area contributed by atoms with Crippen molar-refractivity contribution in [3.63, 3.8) is 0 Å². The summed E-state index contributed by atoms with van der Waals surface area (Å²) in [7, 11) is 0. The van der Waals surface area contributed by atoms with E-state index in [-0.39, 0.29) is 0 Å². The van der Waals surface area contributed by atoms with Crippen molar-refractivity contribution in [1.82, 2.24) is 4.98 Å². The monoisotopic (exact) mass is 213 g/mol. The normalized spacial score (nSPS) is 9.60. The van der Waals surface area contributed by atoms with Gasteiger partial charge < -0.3 is 5.32 Å². The minimum Gasteiger partial charge on any atom is -0.345 e. The fourth-order valence-corrected chi connectivity index (χ4v) is 1.39. The molecule has 0 aliphatic heterocycles. The van der Waals surface area contributed by atoms with Crippen LogP contribution in [0.1, 0.15) is 5.69 Å². The number of nitrogens with one attached hydrogen (secondary N) is 1. The molecule has 0 fully saturated rings. The average Bonchev–Trinajstić information content (AvgIpc) is 2.31. The molecule has 0 bridgehead atoms. The van der Waals surface area contributed by atoms with Gasteiger partial charge >= 0.3 is 0 Å². The summed E-state index contributed by atoms with van der Waals surface area (Å²) in [6.45, 7) is 0. The number of benzene rings is 1. The number of hydrogen-bond donors (Lipinski definition) is 1. The van der Waals surface area contributed by atoms with Crippen molar-refractivity contribution in [2.75, 3.05) is 5.32 Å². The standard InChI is InChI=1S/C12H9N2S/c15-12(11-8-4-5-9-13-11)14-10-6-2-1-3-7-10/h1-7,9H,(H,14,15). The third-order valence-electron chi connectivity index (χ3n) is 1.85. The second-order valence-corrected chi connectivity index (χ2v) is 3.36. The molecule has 0 aliphatic rings. The van der Waals surface area contributed by atoms with Crippen LogP contribution in [-0.2, 0) is 0 Å². The van der Waals surface area contributed by atoms with E-state index in [0.717, 1.165) is 5.69 Å². The Labute approximate surface area is 94.0 Å². The van der Waals surface area contributed by atoms with E-state index in [0.29, 0.717) is 10.7 Å². The Balaban J connectivity index is 2.12. The Hall–Kier alpha value is -1.74. The number of anilines is 1. The number of aromatic nitrogens is 1. The Morgan fingerprint density at radius 2 is 2.00 bits per heavy atom. The first kappa shape index (κ1) is 9.80. The molecular weight excluding hydrogens is 204 g/mol. The predicted molar refractivity (Wildman–Crippen MR) is 64.8 cm³/mol. The molecule has 2 nitrogen and oxygen atoms in total. The van der Waals surface area contributed by atoms with Gasteiger partial charge in [0.25, 0.3) is 0 Å². The first-order valence-corrected chi connectivity index (χ1v) is 4.96. The van der Waals surface area contributed by atoms with E-state index >= 15 is 0 Å². The first-order valence-electron chi connectivity index (χ1n) is 4.55. The van der Waals surface area contributed by atoms with Crippen LogP contribution in [0.3, 0.4) is 0 Å². The number of hydrogen-bond acceptors (Lipinski definition) is 2. The van der Waals surface area contributed by atoms with Gasteiger partial charge in [0.1, 0.15) is 10.7 Å². The number of thiocarbonyl (C=S) groups is 1. The average molecular weight is 213 g/mol. The predicted octanol–water partition coefficient (Wildman–Crippen LogP) is 2.67. The summed E-state index contributed by atoms with van der Waals surface area (Å²) in [5.41, 5.74) is 1.62. The number of pyridine rings is 1. The fraction of sp³-hybridized carbons (Fsp3) is 0. The maximum atomic E-state index is 5.20. The van der Waals surface area contributed by atoms with Crippen LogP contribution in [0.15, 0.2) is 48.7 Å². The van der Waals surface area contributed by atoms with Gasteiger partial charge in [-0.2, -0.15) is 0 Å². The Bertz CT molecular complexity index is 440. The fourth-order valence-electron chi connectivity index (χ4n) is 1.16. The van der Waals surface area contributed by atoms with Gasteiger partial charge in [-0.25, -0.2) is 0 Å². The molecule has 1 heterocycles. The highest BCUT2D eigenvalue weighted by Gasteiger charge is 2.01. The van der Waals surface area contributed by atoms with Crippen LogP contribution in [0.5, 0.6) is 0 Å². The maximum Gasteiger partial charge on any atom is 0.130 e. The van der Waals surface area contributed by atoms with Crippen molar-refractivity contribution in [1.29, 1.82) is 0 Å². The van der Waals surface area contributed by atoms with E-state index in [4.69, 9.17) is 12.2 Å². The topological polar surface area (TPSA) is 24.9 Å². The third-order valence-corrected chi connectivity index (χ3v) is 2.15. The Morgan fingerprint density at radius 3 is 2.67 bits per heavy atom. The zero-order chi connectivity index (χ0) is 10.5. The molecule has 0 atom stereocenters. The van der Waals surface area contributed by atoms with Gasteiger partial charge in [0.2, 0.25) is 0 Å². The van der Waals surface area contributed by atoms with Crippen molar-refractivity contribution < 1.29 is 0 Å². The lowest BCUT2D eigenvalue weighted by Crippen LogP contribution is -2.11. The second-order valence-electron chi connectivity index (χ2n) is 2.95. The summed E-state index contributed by atoms with van der Waals surface area (Å²) in [5, 5.41) is 3.10. The maximum absolute atomic E-state index is 5.20. The van der Waals surface area contributed by atoms with Crippen LogP contribution in [0, 0.1) is 6.07 Å². The van der Waals surface area contributed by atoms with Gasteiger partial charge in [-0.3, -0.25) is 4.98 Å². The third kappa shape index (κ3) is 2.60. The number of nitrogens with zero attached hydrogens (tertiary/aromatic N) is 1. The van der Waals surface area contributed by atoms with Crippen LogP contribution in [0.2, 0.25) is 0 Å². The zero-order valence-electron chi connectivity index (χ0n) is 7.97. The van der Waals surface area contributed by atoms with Gasteiger partial charge in [-0.1, -0.05) is 36.5 Å². The summed E-state index contributed by atoms with van der Waals surface area (Å²) in [5.74, 6) is 0. The van der Waals surface area contributed by atoms with E-state index in [1.165, 1.54) is 0 Å². The molecule has 0 spiro atoms. The summed E-state index contributed by atoms with van der Waals surface area (Å²) < 4.78 is 0. The van der Waals surface area contributed by atoms with Crippen LogP contribution < -0.4 is 5.32 Å². The zero-order valence-corrected chi connectivity index (χ0v) is 8.79. The summed E-state index contributed by atoms with van der Waals surface area (Å²) in [4.78, 5) is 4.70. The van der Waals surface area contributed by atoms with Crippen molar-refractivity contribution in [3.05, 3.63) is 60.4 Å². The molecule has 1 aromatic carbocycles. The molecule has 15 heavy (non-hydrogen) atoms. The van der Waals surface area contributed by atoms with Crippen LogP contribution in [0.4, 0.5) is 5.69 Å². The van der Waals surface area contributed by atoms with Crippen molar-refractivity contribution in [2.45, 2.75) is 0 Å². The van der Waals surface area contributed by atoms with Gasteiger partial charge in [0.05, 0.1) is 0 Å².